The number of anilines is 1. The summed E-state index contributed by atoms with van der Waals surface area (Å²) in [5, 5.41) is 6.15. The van der Waals surface area contributed by atoms with Crippen molar-refractivity contribution in [1.29, 1.82) is 0 Å². The molecule has 0 aromatic heterocycles. The molecule has 3 unspecified atom stereocenters. The normalized spacial score (nSPS) is 20.5. The van der Waals surface area contributed by atoms with Crippen LogP contribution in [0.25, 0.3) is 39.1 Å². The van der Waals surface area contributed by atoms with E-state index >= 15 is 0 Å². The van der Waals surface area contributed by atoms with Gasteiger partial charge in [-0.05, 0) is 75.2 Å². The molecule has 3 aliphatic rings. The molecule has 1 aliphatic carbocycles. The van der Waals surface area contributed by atoms with Crippen molar-refractivity contribution in [3.63, 3.8) is 0 Å². The topological polar surface area (TPSA) is 24.4 Å². The SMILES string of the molecule is CC1C=Cc2cccc(-c3ccc(C4=CC(c5ccc6ccccc6c5)=NC5=CC(c6ccccc6)=CC(C)C54)cc3)c2N1. The molecule has 0 amide bonds. The zero-order valence-electron chi connectivity index (χ0n) is 25.0. The van der Waals surface area contributed by atoms with Gasteiger partial charge in [0.25, 0.3) is 0 Å². The molecular formula is C42H34N2. The molecule has 2 heteroatoms. The molecule has 1 N–H and O–H groups in total. The Balaban J connectivity index is 1.23. The van der Waals surface area contributed by atoms with Crippen LogP contribution in [-0.2, 0) is 0 Å². The van der Waals surface area contributed by atoms with Crippen molar-refractivity contribution in [3.8, 4) is 11.1 Å². The Kier molecular flexibility index (Phi) is 6.49. The van der Waals surface area contributed by atoms with Crippen molar-refractivity contribution in [2.45, 2.75) is 19.9 Å². The highest BCUT2D eigenvalue weighted by Gasteiger charge is 2.32. The van der Waals surface area contributed by atoms with Gasteiger partial charge in [-0.15, -0.1) is 0 Å². The first-order valence-corrected chi connectivity index (χ1v) is 15.6. The first kappa shape index (κ1) is 26.4. The monoisotopic (exact) mass is 566 g/mol. The molecule has 2 heterocycles. The highest BCUT2D eigenvalue weighted by Crippen LogP contribution is 2.45. The summed E-state index contributed by atoms with van der Waals surface area (Å²) >= 11 is 0. The van der Waals surface area contributed by atoms with Gasteiger partial charge in [-0.2, -0.15) is 0 Å². The number of allylic oxidation sites excluding steroid dienone is 5. The summed E-state index contributed by atoms with van der Waals surface area (Å²) in [4.78, 5) is 5.35. The maximum Gasteiger partial charge on any atom is 0.0708 e. The van der Waals surface area contributed by atoms with Crippen molar-refractivity contribution >= 4 is 39.4 Å². The maximum absolute atomic E-state index is 5.35. The van der Waals surface area contributed by atoms with Crippen LogP contribution in [0.5, 0.6) is 0 Å². The molecule has 0 saturated carbocycles. The fraction of sp³-hybridized carbons (Fsp3) is 0.119. The smallest absolute Gasteiger partial charge is 0.0708 e. The summed E-state index contributed by atoms with van der Waals surface area (Å²) in [7, 11) is 0. The second-order valence-corrected chi connectivity index (χ2v) is 12.2. The summed E-state index contributed by atoms with van der Waals surface area (Å²) in [6, 6.07) is 41.9. The standard InChI is InChI=1S/C42H34N2/c1-27-23-36(29-9-4-3-5-10-29)25-40-41(27)38(26-39(44-40)35-22-17-30-11-6-7-12-34(30)24-35)32-20-18-31(19-21-32)37-14-8-13-33-16-15-28(2)43-42(33)37/h3-28,41,43H,1-2H3. The first-order chi connectivity index (χ1) is 21.6. The Morgan fingerprint density at radius 1 is 0.636 bits per heavy atom. The lowest BCUT2D eigenvalue weighted by Crippen LogP contribution is -2.22. The van der Waals surface area contributed by atoms with Crippen LogP contribution in [0.3, 0.4) is 0 Å². The van der Waals surface area contributed by atoms with E-state index in [1.807, 2.05) is 0 Å². The fourth-order valence-electron chi connectivity index (χ4n) is 6.95. The van der Waals surface area contributed by atoms with E-state index < -0.39 is 0 Å². The zero-order valence-corrected chi connectivity index (χ0v) is 25.0. The zero-order chi connectivity index (χ0) is 29.6. The molecule has 0 spiro atoms. The van der Waals surface area contributed by atoms with Crippen molar-refractivity contribution in [3.05, 3.63) is 168 Å². The van der Waals surface area contributed by atoms with Crippen LogP contribution in [0.4, 0.5) is 5.69 Å². The number of para-hydroxylation sites is 1. The van der Waals surface area contributed by atoms with Crippen molar-refractivity contribution in [1.82, 2.24) is 0 Å². The third-order valence-electron chi connectivity index (χ3n) is 9.18. The van der Waals surface area contributed by atoms with Gasteiger partial charge in [0.15, 0.2) is 0 Å². The van der Waals surface area contributed by atoms with Crippen LogP contribution in [0.1, 0.15) is 36.1 Å². The number of fused-ring (bicyclic) bond motifs is 3. The fourth-order valence-corrected chi connectivity index (χ4v) is 6.95. The Morgan fingerprint density at radius 3 is 2.23 bits per heavy atom. The number of nitrogens with zero attached hydrogens (tertiary/aromatic N) is 1. The Hall–Kier alpha value is -5.21. The third kappa shape index (κ3) is 4.73. The molecule has 44 heavy (non-hydrogen) atoms. The predicted molar refractivity (Wildman–Crippen MR) is 188 cm³/mol. The van der Waals surface area contributed by atoms with Crippen LogP contribution in [0, 0.1) is 11.8 Å². The molecule has 0 fully saturated rings. The highest BCUT2D eigenvalue weighted by molar-refractivity contribution is 6.15. The van der Waals surface area contributed by atoms with E-state index in [4.69, 9.17) is 4.99 Å². The molecule has 0 bridgehead atoms. The van der Waals surface area contributed by atoms with Gasteiger partial charge in [-0.1, -0.05) is 134 Å². The summed E-state index contributed by atoms with van der Waals surface area (Å²) in [6.07, 6.45) is 11.5. The molecule has 0 saturated heterocycles. The van der Waals surface area contributed by atoms with E-state index in [-0.39, 0.29) is 5.92 Å². The predicted octanol–water partition coefficient (Wildman–Crippen LogP) is 10.5. The van der Waals surface area contributed by atoms with Crippen LogP contribution < -0.4 is 5.32 Å². The molecule has 3 atom stereocenters. The number of nitrogens with one attached hydrogen (secondary N) is 1. The van der Waals surface area contributed by atoms with E-state index in [1.54, 1.807) is 0 Å². The van der Waals surface area contributed by atoms with Crippen molar-refractivity contribution in [2.75, 3.05) is 5.32 Å². The quantitative estimate of drug-likeness (QED) is 0.230. The highest BCUT2D eigenvalue weighted by atomic mass is 14.9. The minimum Gasteiger partial charge on any atom is -0.378 e. The molecule has 2 nitrogen and oxygen atoms in total. The van der Waals surface area contributed by atoms with E-state index in [1.165, 1.54) is 55.4 Å². The minimum absolute atomic E-state index is 0.189. The Morgan fingerprint density at radius 2 is 1.39 bits per heavy atom. The second kappa shape index (κ2) is 10.8. The molecular weight excluding hydrogens is 532 g/mol. The lowest BCUT2D eigenvalue weighted by Gasteiger charge is -2.33. The molecule has 212 valence electrons. The van der Waals surface area contributed by atoms with Crippen molar-refractivity contribution in [2.24, 2.45) is 16.8 Å². The number of aliphatic imine (C=N–C) groups is 1. The van der Waals surface area contributed by atoms with Gasteiger partial charge >= 0.3 is 0 Å². The van der Waals surface area contributed by atoms with E-state index in [9.17, 15) is 0 Å². The second-order valence-electron chi connectivity index (χ2n) is 12.2. The van der Waals surface area contributed by atoms with E-state index in [0.717, 1.165) is 17.0 Å². The van der Waals surface area contributed by atoms with Crippen LogP contribution in [-0.4, -0.2) is 11.8 Å². The third-order valence-corrected chi connectivity index (χ3v) is 9.18. The van der Waals surface area contributed by atoms with E-state index in [0.29, 0.717) is 12.0 Å². The largest absolute Gasteiger partial charge is 0.378 e. The van der Waals surface area contributed by atoms with Gasteiger partial charge in [0.1, 0.15) is 0 Å². The summed E-state index contributed by atoms with van der Waals surface area (Å²) in [6.45, 7) is 4.52. The van der Waals surface area contributed by atoms with Gasteiger partial charge in [-0.3, -0.25) is 4.99 Å². The van der Waals surface area contributed by atoms with E-state index in [2.05, 4.69) is 165 Å². The van der Waals surface area contributed by atoms with Crippen LogP contribution in [0.15, 0.2) is 150 Å². The summed E-state index contributed by atoms with van der Waals surface area (Å²) in [5.41, 5.74) is 13.2. The first-order valence-electron chi connectivity index (χ1n) is 15.6. The minimum atomic E-state index is 0.189. The number of hydrogen-bond donors (Lipinski definition) is 1. The molecule has 8 rings (SSSR count). The van der Waals surface area contributed by atoms with Gasteiger partial charge < -0.3 is 5.32 Å². The lowest BCUT2D eigenvalue weighted by molar-refractivity contribution is 0.585. The number of rotatable bonds is 4. The number of hydrogen-bond acceptors (Lipinski definition) is 2. The molecule has 5 aromatic rings. The van der Waals surface area contributed by atoms with Gasteiger partial charge in [0.05, 0.1) is 5.71 Å². The average Bonchev–Trinajstić information content (AvgIpc) is 3.07. The number of dihydropyridines is 1. The molecule has 0 radical (unpaired) electrons. The van der Waals surface area contributed by atoms with Gasteiger partial charge in [0.2, 0.25) is 0 Å². The van der Waals surface area contributed by atoms with Gasteiger partial charge in [-0.25, -0.2) is 0 Å². The Labute approximate surface area is 259 Å². The van der Waals surface area contributed by atoms with Crippen LogP contribution in [0.2, 0.25) is 0 Å². The maximum atomic E-state index is 5.35. The Bertz CT molecular complexity index is 2050. The lowest BCUT2D eigenvalue weighted by atomic mass is 9.74. The number of benzene rings is 5. The summed E-state index contributed by atoms with van der Waals surface area (Å²) in [5.74, 6) is 0.492. The molecule has 5 aromatic carbocycles. The molecule has 2 aliphatic heterocycles. The van der Waals surface area contributed by atoms with Crippen LogP contribution >= 0.6 is 0 Å². The van der Waals surface area contributed by atoms with Crippen molar-refractivity contribution < 1.29 is 0 Å². The average molecular weight is 567 g/mol. The summed E-state index contributed by atoms with van der Waals surface area (Å²) < 4.78 is 0. The van der Waals surface area contributed by atoms with Gasteiger partial charge in [0, 0.05) is 34.5 Å².